The van der Waals surface area contributed by atoms with Crippen LogP contribution in [0.1, 0.15) is 17.5 Å². The van der Waals surface area contributed by atoms with Gasteiger partial charge in [-0.25, -0.2) is 0 Å². The van der Waals surface area contributed by atoms with Gasteiger partial charge in [0.1, 0.15) is 0 Å². The van der Waals surface area contributed by atoms with Crippen LogP contribution in [0.4, 0.5) is 11.4 Å². The van der Waals surface area contributed by atoms with E-state index in [-0.39, 0.29) is 0 Å². The monoisotopic (exact) mass is 287 g/mol. The zero-order valence-electron chi connectivity index (χ0n) is 12.6. The van der Waals surface area contributed by atoms with Gasteiger partial charge in [0.2, 0.25) is 5.69 Å². The van der Waals surface area contributed by atoms with Crippen molar-refractivity contribution in [3.8, 4) is 0 Å². The van der Waals surface area contributed by atoms with Crippen molar-refractivity contribution in [1.82, 2.24) is 0 Å². The van der Waals surface area contributed by atoms with Crippen LogP contribution in [0.15, 0.2) is 60.3 Å². The molecular weight excluding hydrogens is 268 g/mol. The summed E-state index contributed by atoms with van der Waals surface area (Å²) in [5.74, 6) is 0. The van der Waals surface area contributed by atoms with Gasteiger partial charge in [-0.2, -0.15) is 4.58 Å². The van der Waals surface area contributed by atoms with Crippen LogP contribution in [0.3, 0.4) is 0 Å². The number of rotatable bonds is 0. The van der Waals surface area contributed by atoms with E-state index in [0.29, 0.717) is 0 Å². The summed E-state index contributed by atoms with van der Waals surface area (Å²) in [6.45, 7) is 2.24. The predicted octanol–water partition coefficient (Wildman–Crippen LogP) is 3.68. The van der Waals surface area contributed by atoms with E-state index in [4.69, 9.17) is 0 Å². The minimum absolute atomic E-state index is 1.07. The van der Waals surface area contributed by atoms with Crippen molar-refractivity contribution in [3.63, 3.8) is 0 Å². The van der Waals surface area contributed by atoms with Gasteiger partial charge in [-0.05, 0) is 11.6 Å². The molecule has 3 heterocycles. The summed E-state index contributed by atoms with van der Waals surface area (Å²) in [5, 5.41) is 0. The number of hydrogen-bond donors (Lipinski definition) is 0. The van der Waals surface area contributed by atoms with Crippen molar-refractivity contribution < 1.29 is 4.58 Å². The van der Waals surface area contributed by atoms with E-state index in [9.17, 15) is 0 Å². The SMILES string of the molecule is C1=C2/Cc3ccccc3N2CCC[N+]2=C/1Cc1ccccc12. The third-order valence-corrected chi connectivity index (χ3v) is 5.10. The Hall–Kier alpha value is -2.35. The number of hydrogen-bond acceptors (Lipinski definition) is 1. The lowest BCUT2D eigenvalue weighted by molar-refractivity contribution is -0.437. The molecule has 108 valence electrons. The highest BCUT2D eigenvalue weighted by molar-refractivity contribution is 5.97. The molecule has 3 aliphatic rings. The van der Waals surface area contributed by atoms with Crippen molar-refractivity contribution in [2.75, 3.05) is 18.0 Å². The highest BCUT2D eigenvalue weighted by Gasteiger charge is 2.32. The van der Waals surface area contributed by atoms with Crippen LogP contribution in [-0.2, 0) is 12.8 Å². The van der Waals surface area contributed by atoms with Gasteiger partial charge in [-0.15, -0.1) is 0 Å². The van der Waals surface area contributed by atoms with E-state index in [0.717, 1.165) is 25.9 Å². The van der Waals surface area contributed by atoms with Crippen molar-refractivity contribution in [3.05, 3.63) is 71.4 Å². The zero-order valence-corrected chi connectivity index (χ0v) is 12.6. The smallest absolute Gasteiger partial charge is 0.209 e. The average Bonchev–Trinajstić information content (AvgIpc) is 3.04. The van der Waals surface area contributed by atoms with Crippen molar-refractivity contribution in [1.29, 1.82) is 0 Å². The molecule has 2 heteroatoms. The van der Waals surface area contributed by atoms with Gasteiger partial charge in [-0.3, -0.25) is 0 Å². The summed E-state index contributed by atoms with van der Waals surface area (Å²) in [5.41, 5.74) is 8.70. The number of para-hydroxylation sites is 2. The standard InChI is InChI=1S/C20H19N2/c1-3-8-19-15(6-1)12-17-14-18-13-16-7-2-4-9-20(16)22(18)11-5-10-21(17)19/h1-4,6-9,14H,5,10-13H2/q+1. The minimum atomic E-state index is 1.07. The van der Waals surface area contributed by atoms with Crippen molar-refractivity contribution >= 4 is 17.1 Å². The summed E-state index contributed by atoms with van der Waals surface area (Å²) < 4.78 is 2.53. The Bertz CT molecular complexity index is 829. The molecule has 0 spiro atoms. The first-order valence-corrected chi connectivity index (χ1v) is 8.17. The fourth-order valence-electron chi connectivity index (χ4n) is 4.10. The molecule has 0 N–H and O–H groups in total. The lowest BCUT2D eigenvalue weighted by atomic mass is 10.1. The van der Waals surface area contributed by atoms with Crippen LogP contribution in [0, 0.1) is 0 Å². The lowest BCUT2D eigenvalue weighted by Crippen LogP contribution is -2.27. The number of nitrogens with zero attached hydrogens (tertiary/aromatic N) is 2. The quantitative estimate of drug-likeness (QED) is 0.670. The van der Waals surface area contributed by atoms with Gasteiger partial charge in [0.05, 0.1) is 6.42 Å². The van der Waals surface area contributed by atoms with E-state index in [1.165, 1.54) is 40.3 Å². The maximum Gasteiger partial charge on any atom is 0.209 e. The van der Waals surface area contributed by atoms with Crippen LogP contribution >= 0.6 is 0 Å². The molecule has 0 unspecified atom stereocenters. The van der Waals surface area contributed by atoms with Gasteiger partial charge in [0.25, 0.3) is 0 Å². The number of anilines is 1. The van der Waals surface area contributed by atoms with Crippen molar-refractivity contribution in [2.45, 2.75) is 19.3 Å². The molecule has 2 aromatic rings. The second-order valence-electron chi connectivity index (χ2n) is 6.39. The Morgan fingerprint density at radius 1 is 0.864 bits per heavy atom. The summed E-state index contributed by atoms with van der Waals surface area (Å²) in [6, 6.07) is 17.7. The minimum Gasteiger partial charge on any atom is -0.344 e. The Balaban J connectivity index is 1.61. The molecule has 0 radical (unpaired) electrons. The van der Waals surface area contributed by atoms with Crippen LogP contribution in [0.5, 0.6) is 0 Å². The Morgan fingerprint density at radius 2 is 1.68 bits per heavy atom. The summed E-state index contributed by atoms with van der Waals surface area (Å²) in [7, 11) is 0. The van der Waals surface area contributed by atoms with Gasteiger partial charge >= 0.3 is 0 Å². The first-order valence-electron chi connectivity index (χ1n) is 8.17. The lowest BCUT2D eigenvalue weighted by Gasteiger charge is -2.22. The van der Waals surface area contributed by atoms with Crippen LogP contribution < -0.4 is 4.90 Å². The van der Waals surface area contributed by atoms with Crippen LogP contribution in [0.2, 0.25) is 0 Å². The molecule has 2 nitrogen and oxygen atoms in total. The molecule has 0 atom stereocenters. The third-order valence-electron chi connectivity index (χ3n) is 5.10. The fourth-order valence-corrected chi connectivity index (χ4v) is 4.10. The Morgan fingerprint density at radius 3 is 2.64 bits per heavy atom. The highest BCUT2D eigenvalue weighted by atomic mass is 15.2. The Labute approximate surface area is 131 Å². The van der Waals surface area contributed by atoms with Gasteiger partial charge in [-0.1, -0.05) is 36.4 Å². The first kappa shape index (κ1) is 12.2. The molecule has 0 amide bonds. The number of fused-ring (bicyclic) bond motifs is 5. The number of allylic oxidation sites excluding steroid dienone is 2. The average molecular weight is 287 g/mol. The number of benzene rings is 2. The maximum atomic E-state index is 2.53. The topological polar surface area (TPSA) is 6.25 Å². The van der Waals surface area contributed by atoms with Gasteiger partial charge < -0.3 is 4.90 Å². The maximum absolute atomic E-state index is 2.53. The molecule has 0 fully saturated rings. The molecular formula is C20H19N2+. The summed E-state index contributed by atoms with van der Waals surface area (Å²) >= 11 is 0. The van der Waals surface area contributed by atoms with Crippen molar-refractivity contribution in [2.24, 2.45) is 0 Å². The van der Waals surface area contributed by atoms with E-state index in [2.05, 4.69) is 64.1 Å². The zero-order chi connectivity index (χ0) is 14.5. The van der Waals surface area contributed by atoms with Crippen LogP contribution in [0.25, 0.3) is 0 Å². The van der Waals surface area contributed by atoms with E-state index in [1.807, 2.05) is 0 Å². The fraction of sp³-hybridized carbons (Fsp3) is 0.250. The molecule has 22 heavy (non-hydrogen) atoms. The molecule has 0 aliphatic carbocycles. The predicted molar refractivity (Wildman–Crippen MR) is 90.1 cm³/mol. The second-order valence-corrected chi connectivity index (χ2v) is 6.39. The van der Waals surface area contributed by atoms with E-state index < -0.39 is 0 Å². The molecule has 0 aromatic heterocycles. The molecule has 5 rings (SSSR count). The largest absolute Gasteiger partial charge is 0.344 e. The summed E-state index contributed by atoms with van der Waals surface area (Å²) in [6.07, 6.45) is 5.79. The summed E-state index contributed by atoms with van der Waals surface area (Å²) in [4.78, 5) is 2.53. The van der Waals surface area contributed by atoms with E-state index >= 15 is 0 Å². The van der Waals surface area contributed by atoms with E-state index in [1.54, 1.807) is 0 Å². The second kappa shape index (κ2) is 4.57. The molecule has 0 saturated heterocycles. The molecule has 0 saturated carbocycles. The molecule has 2 aromatic carbocycles. The van der Waals surface area contributed by atoms with Gasteiger partial charge in [0, 0.05) is 48.5 Å². The highest BCUT2D eigenvalue weighted by Crippen LogP contribution is 2.36. The normalized spacial score (nSPS) is 21.3. The molecule has 3 aliphatic heterocycles. The third kappa shape index (κ3) is 1.70. The Kier molecular flexibility index (Phi) is 2.54. The molecule has 0 bridgehead atoms. The van der Waals surface area contributed by atoms with Crippen LogP contribution in [-0.4, -0.2) is 23.4 Å². The first-order chi connectivity index (χ1) is 10.9. The van der Waals surface area contributed by atoms with Gasteiger partial charge in [0.15, 0.2) is 12.3 Å².